The van der Waals surface area contributed by atoms with Gasteiger partial charge in [0.15, 0.2) is 5.65 Å². The number of amides is 2. The van der Waals surface area contributed by atoms with Gasteiger partial charge >= 0.3 is 12.2 Å². The number of urea groups is 1. The average Bonchev–Trinajstić information content (AvgIpc) is 3.22. The number of carbonyl (C=O) groups excluding carboxylic acids is 1. The fourth-order valence-corrected chi connectivity index (χ4v) is 3.88. The van der Waals surface area contributed by atoms with Gasteiger partial charge in [-0.3, -0.25) is 4.90 Å². The number of hydrogen-bond donors (Lipinski definition) is 1. The monoisotopic (exact) mass is 478 g/mol. The summed E-state index contributed by atoms with van der Waals surface area (Å²) in [5.41, 5.74) is 0.967. The lowest BCUT2D eigenvalue weighted by Crippen LogP contribution is -2.50. The zero-order valence-electron chi connectivity index (χ0n) is 18.8. The minimum atomic E-state index is -4.57. The van der Waals surface area contributed by atoms with E-state index < -0.39 is 12.0 Å². The number of alkyl halides is 3. The average molecular weight is 478 g/mol. The van der Waals surface area contributed by atoms with Crippen molar-refractivity contribution in [2.75, 3.05) is 52.3 Å². The minimum Gasteiger partial charge on any atom is -0.497 e. The van der Waals surface area contributed by atoms with Crippen LogP contribution in [0.25, 0.3) is 11.2 Å². The van der Waals surface area contributed by atoms with Crippen LogP contribution in [-0.2, 0) is 12.7 Å². The first-order chi connectivity index (χ1) is 16.3. The Morgan fingerprint density at radius 3 is 2.35 bits per heavy atom. The van der Waals surface area contributed by atoms with Crippen molar-refractivity contribution < 1.29 is 27.4 Å². The van der Waals surface area contributed by atoms with Gasteiger partial charge in [0.2, 0.25) is 5.82 Å². The summed E-state index contributed by atoms with van der Waals surface area (Å²) in [6.45, 7) is 2.45. The lowest BCUT2D eigenvalue weighted by atomic mass is 10.2. The molecule has 0 unspecified atom stereocenters. The molecule has 1 saturated heterocycles. The molecule has 0 atom stereocenters. The number of ether oxygens (including phenoxy) is 2. The van der Waals surface area contributed by atoms with Crippen LogP contribution in [0.5, 0.6) is 11.5 Å². The number of nitrogens with zero attached hydrogens (tertiary/aromatic N) is 5. The van der Waals surface area contributed by atoms with E-state index in [4.69, 9.17) is 9.47 Å². The molecular weight excluding hydrogens is 453 g/mol. The number of benzene rings is 1. The number of imidazole rings is 1. The van der Waals surface area contributed by atoms with Crippen molar-refractivity contribution >= 4 is 22.9 Å². The molecule has 0 bridgehead atoms. The highest BCUT2D eigenvalue weighted by atomic mass is 19.4. The molecule has 1 aliphatic heterocycles. The summed E-state index contributed by atoms with van der Waals surface area (Å²) in [5.74, 6) is 0.159. The van der Waals surface area contributed by atoms with Crippen molar-refractivity contribution in [3.8, 4) is 11.5 Å². The summed E-state index contributed by atoms with van der Waals surface area (Å²) in [4.78, 5) is 24.2. The van der Waals surface area contributed by atoms with E-state index >= 15 is 0 Å². The zero-order valence-corrected chi connectivity index (χ0v) is 18.8. The van der Waals surface area contributed by atoms with Crippen LogP contribution in [0.4, 0.5) is 23.7 Å². The maximum absolute atomic E-state index is 13.5. The van der Waals surface area contributed by atoms with Gasteiger partial charge in [-0.2, -0.15) is 13.2 Å². The van der Waals surface area contributed by atoms with E-state index in [0.29, 0.717) is 49.9 Å². The molecule has 4 rings (SSSR count). The molecule has 0 aliphatic carbocycles. The van der Waals surface area contributed by atoms with Crippen molar-refractivity contribution in [2.45, 2.75) is 12.7 Å². The lowest BCUT2D eigenvalue weighted by Gasteiger charge is -2.34. The van der Waals surface area contributed by atoms with E-state index in [1.807, 2.05) is 4.90 Å². The molecule has 3 aromatic rings. The molecule has 2 amide bonds. The Labute approximate surface area is 194 Å². The quantitative estimate of drug-likeness (QED) is 0.585. The molecule has 12 heteroatoms. The SMILES string of the molecule is COc1cc(NC(=O)N2CCN(CCn3c(C(F)(F)F)nc4cccnc43)CC2)cc(OC)c1. The van der Waals surface area contributed by atoms with Gasteiger partial charge in [-0.1, -0.05) is 0 Å². The van der Waals surface area contributed by atoms with Crippen LogP contribution in [0.2, 0.25) is 0 Å². The molecule has 0 saturated carbocycles. The van der Waals surface area contributed by atoms with Gasteiger partial charge in [0.25, 0.3) is 0 Å². The van der Waals surface area contributed by atoms with E-state index in [1.165, 1.54) is 26.5 Å². The van der Waals surface area contributed by atoms with Gasteiger partial charge in [-0.05, 0) is 12.1 Å². The number of pyridine rings is 1. The summed E-state index contributed by atoms with van der Waals surface area (Å²) >= 11 is 0. The molecule has 3 heterocycles. The maximum Gasteiger partial charge on any atom is 0.449 e. The third kappa shape index (κ3) is 5.16. The van der Waals surface area contributed by atoms with Crippen molar-refractivity contribution in [2.24, 2.45) is 0 Å². The van der Waals surface area contributed by atoms with Crippen molar-refractivity contribution in [1.82, 2.24) is 24.3 Å². The Bertz CT molecular complexity index is 1140. The summed E-state index contributed by atoms with van der Waals surface area (Å²) < 4.78 is 52.0. The summed E-state index contributed by atoms with van der Waals surface area (Å²) in [5, 5.41) is 2.84. The number of anilines is 1. The molecule has 1 N–H and O–H groups in total. The zero-order chi connectivity index (χ0) is 24.3. The number of carbonyl (C=O) groups is 1. The Morgan fingerprint density at radius 1 is 1.06 bits per heavy atom. The van der Waals surface area contributed by atoms with Gasteiger partial charge in [0.05, 0.1) is 14.2 Å². The Morgan fingerprint density at radius 2 is 1.74 bits per heavy atom. The van der Waals surface area contributed by atoms with E-state index in [-0.39, 0.29) is 23.7 Å². The molecule has 34 heavy (non-hydrogen) atoms. The van der Waals surface area contributed by atoms with Crippen LogP contribution in [0.15, 0.2) is 36.5 Å². The van der Waals surface area contributed by atoms with Gasteiger partial charge in [-0.25, -0.2) is 14.8 Å². The van der Waals surface area contributed by atoms with Crippen LogP contribution < -0.4 is 14.8 Å². The van der Waals surface area contributed by atoms with Gasteiger partial charge in [0.1, 0.15) is 17.0 Å². The maximum atomic E-state index is 13.5. The predicted molar refractivity (Wildman–Crippen MR) is 119 cm³/mol. The number of aromatic nitrogens is 3. The molecule has 0 radical (unpaired) electrons. The van der Waals surface area contributed by atoms with Crippen LogP contribution >= 0.6 is 0 Å². The van der Waals surface area contributed by atoms with Crippen LogP contribution in [-0.4, -0.2) is 77.3 Å². The molecule has 1 fully saturated rings. The fraction of sp³-hybridized carbons (Fsp3) is 0.409. The number of rotatable bonds is 6. The summed E-state index contributed by atoms with van der Waals surface area (Å²) in [6, 6.07) is 7.91. The smallest absolute Gasteiger partial charge is 0.449 e. The van der Waals surface area contributed by atoms with E-state index in [1.54, 1.807) is 29.2 Å². The van der Waals surface area contributed by atoms with E-state index in [0.717, 1.165) is 4.57 Å². The highest BCUT2D eigenvalue weighted by molar-refractivity contribution is 5.90. The Balaban J connectivity index is 1.35. The van der Waals surface area contributed by atoms with Crippen molar-refractivity contribution in [1.29, 1.82) is 0 Å². The molecule has 2 aromatic heterocycles. The Kier molecular flexibility index (Phi) is 6.77. The molecule has 0 spiro atoms. The number of methoxy groups -OCH3 is 2. The highest BCUT2D eigenvalue weighted by Gasteiger charge is 2.38. The molecule has 182 valence electrons. The number of nitrogens with one attached hydrogen (secondary N) is 1. The second-order valence-electron chi connectivity index (χ2n) is 7.79. The highest BCUT2D eigenvalue weighted by Crippen LogP contribution is 2.31. The first-order valence-corrected chi connectivity index (χ1v) is 10.7. The van der Waals surface area contributed by atoms with Crippen LogP contribution in [0, 0.1) is 0 Å². The van der Waals surface area contributed by atoms with Crippen LogP contribution in [0.1, 0.15) is 5.82 Å². The first kappa shape index (κ1) is 23.6. The first-order valence-electron chi connectivity index (χ1n) is 10.7. The standard InChI is InChI=1S/C22H25F3N6O3/c1-33-16-12-15(13-17(14-16)34-2)27-21(32)30-9-6-29(7-10-30)8-11-31-19-18(4-3-5-26-19)28-20(31)22(23,24)25/h3-5,12-14H,6-11H2,1-2H3,(H,27,32). The van der Waals surface area contributed by atoms with Gasteiger partial charge in [-0.15, -0.1) is 0 Å². The molecule has 9 nitrogen and oxygen atoms in total. The molecule has 1 aromatic carbocycles. The number of piperazine rings is 1. The minimum absolute atomic E-state index is 0.0954. The van der Waals surface area contributed by atoms with Crippen molar-refractivity contribution in [3.63, 3.8) is 0 Å². The van der Waals surface area contributed by atoms with Gasteiger partial charge < -0.3 is 24.3 Å². The van der Waals surface area contributed by atoms with Gasteiger partial charge in [0, 0.05) is 69.4 Å². The molecule has 1 aliphatic rings. The topological polar surface area (TPSA) is 84.8 Å². The third-order valence-corrected chi connectivity index (χ3v) is 5.66. The number of hydrogen-bond acceptors (Lipinski definition) is 6. The number of fused-ring (bicyclic) bond motifs is 1. The van der Waals surface area contributed by atoms with E-state index in [9.17, 15) is 18.0 Å². The number of halogens is 3. The third-order valence-electron chi connectivity index (χ3n) is 5.66. The van der Waals surface area contributed by atoms with E-state index in [2.05, 4.69) is 15.3 Å². The summed E-state index contributed by atoms with van der Waals surface area (Å²) in [7, 11) is 3.06. The fourth-order valence-electron chi connectivity index (χ4n) is 3.88. The summed E-state index contributed by atoms with van der Waals surface area (Å²) in [6.07, 6.45) is -3.11. The second-order valence-corrected chi connectivity index (χ2v) is 7.79. The van der Waals surface area contributed by atoms with Crippen LogP contribution in [0.3, 0.4) is 0 Å². The predicted octanol–water partition coefficient (Wildman–Crippen LogP) is 3.32. The Hall–Kier alpha value is -3.54. The lowest BCUT2D eigenvalue weighted by molar-refractivity contribution is -0.147. The second kappa shape index (κ2) is 9.75. The van der Waals surface area contributed by atoms with Crippen molar-refractivity contribution in [3.05, 3.63) is 42.4 Å². The largest absolute Gasteiger partial charge is 0.497 e. The molecular formula is C22H25F3N6O3. The normalized spacial score (nSPS) is 14.9.